The number of nitrogens with zero attached hydrogens (tertiary/aromatic N) is 1. The van der Waals surface area contributed by atoms with Gasteiger partial charge in [-0.2, -0.15) is 0 Å². The highest BCUT2D eigenvalue weighted by atomic mass is 35.5. The van der Waals surface area contributed by atoms with Gasteiger partial charge in [-0.05, 0) is 51.1 Å². The zero-order chi connectivity index (χ0) is 27.3. The Kier molecular flexibility index (Phi) is 12.9. The minimum Gasteiger partial charge on any atom is -0.453 e. The second-order valence-electron chi connectivity index (χ2n) is 10.1. The molecular weight excluding hydrogens is 515 g/mol. The van der Waals surface area contributed by atoms with Gasteiger partial charge in [-0.3, -0.25) is 0 Å². The second-order valence-corrected chi connectivity index (χ2v) is 10.5. The first-order chi connectivity index (χ1) is 18.4. The fourth-order valence-electron chi connectivity index (χ4n) is 5.34. The number of halogens is 2. The first kappa shape index (κ1) is 30.4. The van der Waals surface area contributed by atoms with Gasteiger partial charge in [0, 0.05) is 56.9 Å². The molecule has 2 aliphatic heterocycles. The molecule has 1 unspecified atom stereocenters. The van der Waals surface area contributed by atoms with Crippen molar-refractivity contribution in [1.29, 1.82) is 0 Å². The lowest BCUT2D eigenvalue weighted by atomic mass is 9.88. The molecule has 0 saturated carbocycles. The quantitative estimate of drug-likeness (QED) is 0.355. The van der Waals surface area contributed by atoms with Gasteiger partial charge in [0.1, 0.15) is 5.82 Å². The summed E-state index contributed by atoms with van der Waals surface area (Å²) < 4.78 is 31.5. The maximum Gasteiger partial charge on any atom is 0.406 e. The van der Waals surface area contributed by atoms with Crippen LogP contribution in [0, 0.1) is 17.7 Å². The van der Waals surface area contributed by atoms with E-state index in [4.69, 9.17) is 21.1 Å². The predicted molar refractivity (Wildman–Crippen MR) is 144 cm³/mol. The van der Waals surface area contributed by atoms with E-state index in [-0.39, 0.29) is 36.2 Å². The second kappa shape index (κ2) is 16.1. The van der Waals surface area contributed by atoms with Crippen LogP contribution >= 0.6 is 11.6 Å². The van der Waals surface area contributed by atoms with Gasteiger partial charge in [0.15, 0.2) is 0 Å². The van der Waals surface area contributed by atoms with Crippen LogP contribution in [0.5, 0.6) is 0 Å². The molecule has 4 atom stereocenters. The van der Waals surface area contributed by atoms with Crippen molar-refractivity contribution in [3.05, 3.63) is 34.6 Å². The number of urea groups is 1. The number of rotatable bonds is 11. The summed E-state index contributed by atoms with van der Waals surface area (Å²) in [4.78, 5) is 26.5. The number of amides is 3. The monoisotopic (exact) mass is 556 g/mol. The smallest absolute Gasteiger partial charge is 0.406 e. The van der Waals surface area contributed by atoms with Crippen molar-refractivity contribution in [3.63, 3.8) is 0 Å². The van der Waals surface area contributed by atoms with Gasteiger partial charge in [0.05, 0.1) is 24.8 Å². The van der Waals surface area contributed by atoms with Gasteiger partial charge in [-0.25, -0.2) is 14.0 Å². The molecule has 1 aromatic carbocycles. The number of ether oxygens (including phenoxy) is 3. The number of hydrogen-bond donors (Lipinski definition) is 3. The Balaban J connectivity index is 1.66. The Morgan fingerprint density at radius 2 is 2.11 bits per heavy atom. The van der Waals surface area contributed by atoms with E-state index in [0.717, 1.165) is 51.7 Å². The minimum absolute atomic E-state index is 0.0126. The van der Waals surface area contributed by atoms with Crippen molar-refractivity contribution in [2.45, 2.75) is 50.7 Å². The van der Waals surface area contributed by atoms with Crippen molar-refractivity contribution in [2.24, 2.45) is 11.8 Å². The van der Waals surface area contributed by atoms with Crippen LogP contribution in [0.2, 0.25) is 5.02 Å². The van der Waals surface area contributed by atoms with Crippen molar-refractivity contribution in [1.82, 2.24) is 20.9 Å². The number of carbonyl (C=O) groups is 2. The average Bonchev–Trinajstić information content (AvgIpc) is 3.19. The normalized spacial score (nSPS) is 21.7. The molecule has 11 heteroatoms. The molecule has 214 valence electrons. The Morgan fingerprint density at radius 1 is 1.26 bits per heavy atom. The molecule has 0 bridgehead atoms. The molecular formula is C27H42ClFN4O5. The molecule has 2 heterocycles. The number of methoxy groups -OCH3 is 1. The molecule has 0 aromatic heterocycles. The van der Waals surface area contributed by atoms with Crippen LogP contribution in [0.15, 0.2) is 18.2 Å². The van der Waals surface area contributed by atoms with E-state index in [1.807, 2.05) is 7.05 Å². The highest BCUT2D eigenvalue weighted by Crippen LogP contribution is 2.36. The zero-order valence-electron chi connectivity index (χ0n) is 22.5. The largest absolute Gasteiger partial charge is 0.453 e. The lowest BCUT2D eigenvalue weighted by Gasteiger charge is -2.38. The summed E-state index contributed by atoms with van der Waals surface area (Å²) in [6.45, 7) is 3.62. The number of hydrogen-bond acceptors (Lipinski definition) is 6. The molecule has 0 spiro atoms. The van der Waals surface area contributed by atoms with Crippen LogP contribution in [-0.4, -0.2) is 83.2 Å². The third kappa shape index (κ3) is 9.25. The Hall–Kier alpha value is -2.14. The highest BCUT2D eigenvalue weighted by molar-refractivity contribution is 6.30. The average molecular weight is 557 g/mol. The molecule has 2 saturated heterocycles. The van der Waals surface area contributed by atoms with E-state index in [9.17, 15) is 9.59 Å². The predicted octanol–water partition coefficient (Wildman–Crippen LogP) is 4.11. The van der Waals surface area contributed by atoms with Crippen LogP contribution in [0.3, 0.4) is 0 Å². The minimum atomic E-state index is -0.625. The van der Waals surface area contributed by atoms with Crippen LogP contribution in [0.1, 0.15) is 50.2 Å². The van der Waals surface area contributed by atoms with Crippen molar-refractivity contribution in [2.75, 3.05) is 60.2 Å². The van der Waals surface area contributed by atoms with E-state index in [0.29, 0.717) is 31.1 Å². The van der Waals surface area contributed by atoms with Gasteiger partial charge >= 0.3 is 12.1 Å². The van der Waals surface area contributed by atoms with Crippen LogP contribution in [-0.2, 0) is 14.2 Å². The number of alkyl carbamates (subject to hydrolysis) is 1. The first-order valence-electron chi connectivity index (χ1n) is 13.6. The standard InChI is InChI=1S/C27H42ClFN4O5/c1-30-16-21(15-19-7-3-4-13-37-18-19)32-26(34)33-12-6-8-20(17-33)25(38-14-11-31-27(35)36-2)22-9-5-10-23(28)24(22)29/h5,9-10,19-21,25,30H,3-4,6-8,11-18H2,1-2H3,(H,31,35)(H,32,34)/t19-,20-,21?,25-/m1/s1. The first-order valence-corrected chi connectivity index (χ1v) is 14.0. The molecule has 1 aromatic rings. The number of likely N-dealkylation sites (tertiary alicyclic amines) is 1. The molecule has 9 nitrogen and oxygen atoms in total. The number of nitrogens with one attached hydrogen (secondary N) is 3. The highest BCUT2D eigenvalue weighted by Gasteiger charge is 2.33. The SMILES string of the molecule is CNCC(C[C@H]1CCCCOC1)NC(=O)N1CCC[C@@H]([C@@H](OCCNC(=O)OC)c2cccc(Cl)c2F)C1. The van der Waals surface area contributed by atoms with Crippen LogP contribution in [0.4, 0.5) is 14.0 Å². The van der Waals surface area contributed by atoms with Gasteiger partial charge in [-0.15, -0.1) is 0 Å². The lowest BCUT2D eigenvalue weighted by Crippen LogP contribution is -2.52. The van der Waals surface area contributed by atoms with Crippen LogP contribution in [0.25, 0.3) is 0 Å². The molecule has 3 rings (SSSR count). The van der Waals surface area contributed by atoms with E-state index in [1.54, 1.807) is 17.0 Å². The van der Waals surface area contributed by atoms with Gasteiger partial charge < -0.3 is 35.1 Å². The van der Waals surface area contributed by atoms with E-state index < -0.39 is 18.0 Å². The molecule has 2 fully saturated rings. The molecule has 0 aliphatic carbocycles. The Morgan fingerprint density at radius 3 is 2.89 bits per heavy atom. The van der Waals surface area contributed by atoms with Gasteiger partial charge in [0.25, 0.3) is 0 Å². The van der Waals surface area contributed by atoms with Crippen LogP contribution < -0.4 is 16.0 Å². The summed E-state index contributed by atoms with van der Waals surface area (Å²) in [5, 5.41) is 9.00. The topological polar surface area (TPSA) is 101 Å². The summed E-state index contributed by atoms with van der Waals surface area (Å²) in [5.41, 5.74) is 0.351. The van der Waals surface area contributed by atoms with Gasteiger partial charge in [0.2, 0.25) is 0 Å². The van der Waals surface area contributed by atoms with Crippen molar-refractivity contribution >= 4 is 23.7 Å². The van der Waals surface area contributed by atoms with E-state index >= 15 is 4.39 Å². The fraction of sp³-hybridized carbons (Fsp3) is 0.704. The number of likely N-dealkylation sites (N-methyl/N-ethyl adjacent to an activating group) is 1. The van der Waals surface area contributed by atoms with Crippen molar-refractivity contribution in [3.8, 4) is 0 Å². The molecule has 3 amide bonds. The maximum absolute atomic E-state index is 15.1. The number of benzene rings is 1. The van der Waals surface area contributed by atoms with E-state index in [1.165, 1.54) is 13.2 Å². The maximum atomic E-state index is 15.1. The molecule has 2 aliphatic rings. The number of piperidine rings is 1. The third-order valence-corrected chi connectivity index (χ3v) is 7.51. The summed E-state index contributed by atoms with van der Waals surface area (Å²) in [6.07, 6.45) is 4.55. The summed E-state index contributed by atoms with van der Waals surface area (Å²) >= 11 is 6.08. The Bertz CT molecular complexity index is 887. The summed E-state index contributed by atoms with van der Waals surface area (Å²) in [7, 11) is 3.17. The number of carbonyl (C=O) groups excluding carboxylic acids is 2. The fourth-order valence-corrected chi connectivity index (χ4v) is 5.52. The van der Waals surface area contributed by atoms with Gasteiger partial charge in [-0.1, -0.05) is 30.2 Å². The summed E-state index contributed by atoms with van der Waals surface area (Å²) in [5.74, 6) is -0.243. The zero-order valence-corrected chi connectivity index (χ0v) is 23.2. The van der Waals surface area contributed by atoms with E-state index in [2.05, 4.69) is 20.7 Å². The third-order valence-electron chi connectivity index (χ3n) is 7.22. The molecule has 0 radical (unpaired) electrons. The van der Waals surface area contributed by atoms with Crippen molar-refractivity contribution < 1.29 is 28.2 Å². The lowest BCUT2D eigenvalue weighted by molar-refractivity contribution is -0.0106. The molecule has 38 heavy (non-hydrogen) atoms. The molecule has 3 N–H and O–H groups in total. The Labute approximate surface area is 230 Å². The summed E-state index contributed by atoms with van der Waals surface area (Å²) in [6, 6.07) is 4.72.